The summed E-state index contributed by atoms with van der Waals surface area (Å²) in [5, 5.41) is 3.10. The average molecular weight is 289 g/mol. The second-order valence-electron chi connectivity index (χ2n) is 5.91. The van der Waals surface area contributed by atoms with Crippen LogP contribution in [0.4, 0.5) is 5.82 Å². The van der Waals surface area contributed by atoms with E-state index in [4.69, 9.17) is 0 Å². The van der Waals surface area contributed by atoms with E-state index in [0.29, 0.717) is 23.6 Å². The molecular weight excluding hydrogens is 266 g/mol. The van der Waals surface area contributed by atoms with Gasteiger partial charge in [0.15, 0.2) is 0 Å². The Hall–Kier alpha value is -1.69. The summed E-state index contributed by atoms with van der Waals surface area (Å²) < 4.78 is 0. The summed E-state index contributed by atoms with van der Waals surface area (Å²) in [5.74, 6) is 0.667. The number of hydrogen-bond acceptors (Lipinski definition) is 5. The lowest BCUT2D eigenvalue weighted by Gasteiger charge is -2.25. The van der Waals surface area contributed by atoms with E-state index in [9.17, 15) is 4.79 Å². The fourth-order valence-electron chi connectivity index (χ4n) is 3.39. The van der Waals surface area contributed by atoms with E-state index in [2.05, 4.69) is 27.2 Å². The molecule has 2 aliphatic rings. The number of nitrogens with zero attached hydrogens (tertiary/aromatic N) is 4. The molecule has 2 bridgehead atoms. The first-order valence-electron chi connectivity index (χ1n) is 7.76. The van der Waals surface area contributed by atoms with E-state index in [0.717, 1.165) is 26.1 Å². The number of likely N-dealkylation sites (tertiary alicyclic amines) is 1. The molecule has 21 heavy (non-hydrogen) atoms. The monoisotopic (exact) mass is 289 g/mol. The first-order chi connectivity index (χ1) is 10.2. The van der Waals surface area contributed by atoms with Crippen LogP contribution in [0.3, 0.4) is 0 Å². The van der Waals surface area contributed by atoms with Crippen molar-refractivity contribution in [2.75, 3.05) is 32.0 Å². The molecule has 0 aromatic carbocycles. The Balaban J connectivity index is 1.74. The van der Waals surface area contributed by atoms with Crippen LogP contribution in [-0.4, -0.2) is 64.4 Å². The highest BCUT2D eigenvalue weighted by atomic mass is 16.2. The van der Waals surface area contributed by atoms with Gasteiger partial charge in [-0.05, 0) is 33.2 Å². The Labute approximate surface area is 125 Å². The van der Waals surface area contributed by atoms with Gasteiger partial charge in [-0.15, -0.1) is 0 Å². The van der Waals surface area contributed by atoms with Crippen LogP contribution in [0.2, 0.25) is 0 Å². The highest BCUT2D eigenvalue weighted by Crippen LogP contribution is 2.28. The van der Waals surface area contributed by atoms with Crippen molar-refractivity contribution in [3.63, 3.8) is 0 Å². The molecule has 0 radical (unpaired) electrons. The van der Waals surface area contributed by atoms with Gasteiger partial charge in [0.25, 0.3) is 5.91 Å². The largest absolute Gasteiger partial charge is 0.369 e. The maximum atomic E-state index is 12.7. The molecule has 2 unspecified atom stereocenters. The van der Waals surface area contributed by atoms with Gasteiger partial charge < -0.3 is 10.2 Å². The summed E-state index contributed by atoms with van der Waals surface area (Å²) in [5.41, 5.74) is 0.439. The van der Waals surface area contributed by atoms with Crippen LogP contribution in [0.15, 0.2) is 12.4 Å². The molecule has 3 heterocycles. The number of rotatable bonds is 3. The lowest BCUT2D eigenvalue weighted by atomic mass is 10.1. The smallest absolute Gasteiger partial charge is 0.274 e. The molecule has 0 aliphatic carbocycles. The fraction of sp³-hybridized carbons (Fsp3) is 0.667. The minimum absolute atomic E-state index is 0.00297. The molecule has 0 spiro atoms. The average Bonchev–Trinajstić information content (AvgIpc) is 2.72. The van der Waals surface area contributed by atoms with Gasteiger partial charge in [-0.3, -0.25) is 14.7 Å². The minimum Gasteiger partial charge on any atom is -0.369 e. The zero-order chi connectivity index (χ0) is 14.8. The number of likely N-dealkylation sites (N-methyl/N-ethyl adjacent to an activating group) is 1. The van der Waals surface area contributed by atoms with Crippen molar-refractivity contribution >= 4 is 11.7 Å². The van der Waals surface area contributed by atoms with Crippen molar-refractivity contribution in [3.05, 3.63) is 18.1 Å². The molecule has 1 aromatic rings. The molecule has 0 saturated carbocycles. The second-order valence-corrected chi connectivity index (χ2v) is 5.91. The van der Waals surface area contributed by atoms with E-state index in [1.54, 1.807) is 12.4 Å². The molecule has 2 aliphatic heterocycles. The summed E-state index contributed by atoms with van der Waals surface area (Å²) in [6, 6.07) is 1.12. The number of carbonyl (C=O) groups is 1. The lowest BCUT2D eigenvalue weighted by molar-refractivity contribution is 0.0734. The third-order valence-corrected chi connectivity index (χ3v) is 4.65. The summed E-state index contributed by atoms with van der Waals surface area (Å²) >= 11 is 0. The number of hydrogen-bond donors (Lipinski definition) is 1. The van der Waals surface area contributed by atoms with E-state index in [1.165, 1.54) is 12.8 Å². The first kappa shape index (κ1) is 14.3. The third kappa shape index (κ3) is 2.85. The van der Waals surface area contributed by atoms with Crippen molar-refractivity contribution < 1.29 is 4.79 Å². The van der Waals surface area contributed by atoms with E-state index < -0.39 is 0 Å². The van der Waals surface area contributed by atoms with Gasteiger partial charge in [0, 0.05) is 31.7 Å². The van der Waals surface area contributed by atoms with Crippen molar-refractivity contribution in [2.45, 2.75) is 38.3 Å². The predicted octanol–water partition coefficient (Wildman–Crippen LogP) is 1.22. The Bertz CT molecular complexity index is 521. The quantitative estimate of drug-likeness (QED) is 0.906. The molecule has 114 valence electrons. The van der Waals surface area contributed by atoms with Gasteiger partial charge in [-0.25, -0.2) is 4.98 Å². The van der Waals surface area contributed by atoms with E-state index in [-0.39, 0.29) is 5.91 Å². The number of aromatic nitrogens is 2. The molecule has 6 heteroatoms. The standard InChI is InChI=1S/C15H23N5O/c1-3-17-14-9-16-8-13(18-14)15(21)20-7-6-11-4-5-12(10-20)19(11)2/h8-9,11-12H,3-7,10H2,1-2H3,(H,17,18). The highest BCUT2D eigenvalue weighted by Gasteiger charge is 2.36. The van der Waals surface area contributed by atoms with Crippen LogP contribution >= 0.6 is 0 Å². The summed E-state index contributed by atoms with van der Waals surface area (Å²) in [6.45, 7) is 4.39. The van der Waals surface area contributed by atoms with Gasteiger partial charge >= 0.3 is 0 Å². The molecule has 2 fully saturated rings. The SMILES string of the molecule is CCNc1cncc(C(=O)N2CCC3CCC(C2)N3C)n1. The number of fused-ring (bicyclic) bond motifs is 2. The minimum atomic E-state index is 0.00297. The first-order valence-corrected chi connectivity index (χ1v) is 7.76. The Morgan fingerprint density at radius 3 is 2.95 bits per heavy atom. The van der Waals surface area contributed by atoms with Crippen molar-refractivity contribution in [1.82, 2.24) is 19.8 Å². The third-order valence-electron chi connectivity index (χ3n) is 4.65. The molecule has 1 N–H and O–H groups in total. The lowest BCUT2D eigenvalue weighted by Crippen LogP contribution is -2.40. The highest BCUT2D eigenvalue weighted by molar-refractivity contribution is 5.92. The van der Waals surface area contributed by atoms with Gasteiger partial charge in [0.2, 0.25) is 0 Å². The number of nitrogens with one attached hydrogen (secondary N) is 1. The molecule has 1 amide bonds. The molecule has 1 aromatic heterocycles. The van der Waals surface area contributed by atoms with Crippen molar-refractivity contribution in [3.8, 4) is 0 Å². The van der Waals surface area contributed by atoms with E-state index >= 15 is 0 Å². The molecule has 2 saturated heterocycles. The Kier molecular flexibility index (Phi) is 4.05. The normalized spacial score (nSPS) is 25.7. The topological polar surface area (TPSA) is 61.4 Å². The van der Waals surface area contributed by atoms with Crippen LogP contribution < -0.4 is 5.32 Å². The van der Waals surface area contributed by atoms with Gasteiger partial charge in [-0.1, -0.05) is 0 Å². The molecule has 6 nitrogen and oxygen atoms in total. The maximum Gasteiger partial charge on any atom is 0.274 e. The maximum absolute atomic E-state index is 12.7. The van der Waals surface area contributed by atoms with Crippen molar-refractivity contribution in [2.24, 2.45) is 0 Å². The van der Waals surface area contributed by atoms with Gasteiger partial charge in [0.1, 0.15) is 11.5 Å². The van der Waals surface area contributed by atoms with Crippen LogP contribution in [0.1, 0.15) is 36.7 Å². The number of anilines is 1. The summed E-state index contributed by atoms with van der Waals surface area (Å²) in [4.78, 5) is 25.5. The fourth-order valence-corrected chi connectivity index (χ4v) is 3.39. The van der Waals surface area contributed by atoms with E-state index in [1.807, 2.05) is 11.8 Å². The number of carbonyl (C=O) groups excluding carboxylic acids is 1. The van der Waals surface area contributed by atoms with Crippen molar-refractivity contribution in [1.29, 1.82) is 0 Å². The zero-order valence-electron chi connectivity index (χ0n) is 12.7. The molecule has 3 rings (SSSR count). The van der Waals surface area contributed by atoms with Gasteiger partial charge in [0.05, 0.1) is 12.4 Å². The number of amides is 1. The van der Waals surface area contributed by atoms with Crippen LogP contribution in [0.25, 0.3) is 0 Å². The Morgan fingerprint density at radius 1 is 1.33 bits per heavy atom. The predicted molar refractivity (Wildman–Crippen MR) is 81.3 cm³/mol. The van der Waals surface area contributed by atoms with Crippen LogP contribution in [-0.2, 0) is 0 Å². The molecule has 2 atom stereocenters. The van der Waals surface area contributed by atoms with Gasteiger partial charge in [-0.2, -0.15) is 0 Å². The summed E-state index contributed by atoms with van der Waals surface area (Å²) in [6.07, 6.45) is 6.72. The summed E-state index contributed by atoms with van der Waals surface area (Å²) in [7, 11) is 2.18. The zero-order valence-corrected chi connectivity index (χ0v) is 12.7. The van der Waals surface area contributed by atoms with Crippen LogP contribution in [0.5, 0.6) is 0 Å². The van der Waals surface area contributed by atoms with Crippen LogP contribution in [0, 0.1) is 0 Å². The molecular formula is C15H23N5O. The Morgan fingerprint density at radius 2 is 2.14 bits per heavy atom. The second kappa shape index (κ2) is 5.97.